The average Bonchev–Trinajstić information content (AvgIpc) is 2.61. The molecule has 0 spiro atoms. The largest absolute Gasteiger partial charge is 0.700 e. The molecular formula is C7H11N2O7P2+. The smallest absolute Gasteiger partial charge is 0.339 e. The van der Waals surface area contributed by atoms with Crippen molar-refractivity contribution in [3.05, 3.63) is 24.8 Å². The van der Waals surface area contributed by atoms with Crippen molar-refractivity contribution in [2.45, 2.75) is 12.5 Å². The zero-order valence-electron chi connectivity index (χ0n) is 8.95. The van der Waals surface area contributed by atoms with Gasteiger partial charge in [-0.2, -0.15) is 0 Å². The highest BCUT2D eigenvalue weighted by Crippen LogP contribution is 2.37. The molecule has 11 heteroatoms. The monoisotopic (exact) mass is 297 g/mol. The third-order valence-corrected chi connectivity index (χ3v) is 2.58. The average molecular weight is 297 g/mol. The number of hydrogen-bond acceptors (Lipinski definition) is 7. The van der Waals surface area contributed by atoms with Gasteiger partial charge < -0.3 is 19.5 Å². The van der Waals surface area contributed by atoms with Gasteiger partial charge >= 0.3 is 22.8 Å². The Morgan fingerprint density at radius 1 is 1.67 bits per heavy atom. The minimum Gasteiger partial charge on any atom is -0.339 e. The maximum atomic E-state index is 10.5. The highest BCUT2D eigenvalue weighted by Gasteiger charge is 2.43. The van der Waals surface area contributed by atoms with Crippen molar-refractivity contribution in [2.24, 2.45) is 0 Å². The summed E-state index contributed by atoms with van der Waals surface area (Å²) in [6, 6.07) is 0. The molecule has 2 unspecified atom stereocenters. The van der Waals surface area contributed by atoms with Crippen LogP contribution < -0.4 is 0 Å². The lowest BCUT2D eigenvalue weighted by atomic mass is 10.5. The van der Waals surface area contributed by atoms with Crippen molar-refractivity contribution < 1.29 is 33.4 Å². The van der Waals surface area contributed by atoms with Crippen LogP contribution in [0.1, 0.15) is 5.69 Å². The van der Waals surface area contributed by atoms with Gasteiger partial charge in [-0.3, -0.25) is 0 Å². The van der Waals surface area contributed by atoms with Crippen molar-refractivity contribution in [3.8, 4) is 0 Å². The SMILES string of the molecule is C=Cc1cn(CC(O)(OP(O)O)O[P+](=O)O)cn1. The Kier molecular flexibility index (Phi) is 5.46. The van der Waals surface area contributed by atoms with E-state index in [0.717, 1.165) is 0 Å². The van der Waals surface area contributed by atoms with Gasteiger partial charge in [-0.25, -0.2) is 9.51 Å². The van der Waals surface area contributed by atoms with Crippen LogP contribution >= 0.6 is 16.9 Å². The first-order chi connectivity index (χ1) is 8.34. The molecule has 4 N–H and O–H groups in total. The van der Waals surface area contributed by atoms with Crippen LogP contribution in [0.2, 0.25) is 0 Å². The molecule has 1 aromatic rings. The van der Waals surface area contributed by atoms with Crippen molar-refractivity contribution in [2.75, 3.05) is 0 Å². The quantitative estimate of drug-likeness (QED) is 0.410. The second-order valence-corrected chi connectivity index (χ2v) is 4.41. The maximum Gasteiger partial charge on any atom is 0.700 e. The summed E-state index contributed by atoms with van der Waals surface area (Å²) >= 11 is 0. The fraction of sp³-hybridized carbons (Fsp3) is 0.286. The minimum absolute atomic E-state index is 0.487. The molecule has 2 atom stereocenters. The van der Waals surface area contributed by atoms with E-state index in [9.17, 15) is 9.67 Å². The number of aliphatic hydroxyl groups is 1. The lowest BCUT2D eigenvalue weighted by Gasteiger charge is -2.21. The molecule has 0 aliphatic rings. The fourth-order valence-corrected chi connectivity index (χ4v) is 1.87. The Bertz CT molecular complexity index is 437. The first-order valence-electron chi connectivity index (χ1n) is 4.43. The molecule has 0 saturated carbocycles. The fourth-order valence-electron chi connectivity index (χ4n) is 1.12. The topological polar surface area (TPSA) is 134 Å². The molecule has 0 bridgehead atoms. The van der Waals surface area contributed by atoms with Crippen molar-refractivity contribution in [1.82, 2.24) is 9.55 Å². The van der Waals surface area contributed by atoms with Gasteiger partial charge in [0, 0.05) is 10.8 Å². The summed E-state index contributed by atoms with van der Waals surface area (Å²) in [5, 5.41) is 9.72. The predicted octanol–water partition coefficient (Wildman–Crippen LogP) is 0.0666. The van der Waals surface area contributed by atoms with E-state index >= 15 is 0 Å². The summed E-state index contributed by atoms with van der Waals surface area (Å²) in [5.41, 5.74) is 0.487. The number of aromatic nitrogens is 2. The molecule has 1 heterocycles. The molecule has 0 radical (unpaired) electrons. The van der Waals surface area contributed by atoms with Crippen LogP contribution in [0.5, 0.6) is 0 Å². The highest BCUT2D eigenvalue weighted by molar-refractivity contribution is 7.39. The van der Waals surface area contributed by atoms with Crippen LogP contribution in [0.15, 0.2) is 19.1 Å². The summed E-state index contributed by atoms with van der Waals surface area (Å²) in [6.45, 7) is 2.98. The molecule has 100 valence electrons. The molecule has 0 aromatic carbocycles. The Morgan fingerprint density at radius 3 is 2.78 bits per heavy atom. The molecule has 1 aromatic heterocycles. The molecule has 1 rings (SSSR count). The molecular weight excluding hydrogens is 286 g/mol. The molecule has 0 saturated heterocycles. The molecule has 0 aliphatic carbocycles. The zero-order valence-corrected chi connectivity index (χ0v) is 10.7. The summed E-state index contributed by atoms with van der Waals surface area (Å²) in [4.78, 5) is 29.8. The van der Waals surface area contributed by atoms with Gasteiger partial charge in [-0.1, -0.05) is 6.58 Å². The standard InChI is InChI=1S/C7H10N2O7P2/c1-2-6-3-9(5-8-6)4-7(10,15-17(11)12)16-18(13)14/h2-3,5,10-12H,1,4H2/p+1. The van der Waals surface area contributed by atoms with Gasteiger partial charge in [0.2, 0.25) is 0 Å². The van der Waals surface area contributed by atoms with Gasteiger partial charge in [0.15, 0.2) is 0 Å². The number of rotatable bonds is 7. The van der Waals surface area contributed by atoms with Crippen molar-refractivity contribution in [3.63, 3.8) is 0 Å². The first kappa shape index (κ1) is 15.3. The van der Waals surface area contributed by atoms with Gasteiger partial charge in [-0.05, 0) is 10.6 Å². The Labute approximate surface area is 104 Å². The number of hydrogen-bond donors (Lipinski definition) is 4. The summed E-state index contributed by atoms with van der Waals surface area (Å²) in [6.07, 6.45) is 4.15. The number of imidazole rings is 1. The van der Waals surface area contributed by atoms with Gasteiger partial charge in [0.25, 0.3) is 0 Å². The van der Waals surface area contributed by atoms with Crippen LogP contribution in [0.3, 0.4) is 0 Å². The van der Waals surface area contributed by atoms with E-state index in [4.69, 9.17) is 14.7 Å². The van der Waals surface area contributed by atoms with Crippen LogP contribution in [0.4, 0.5) is 0 Å². The van der Waals surface area contributed by atoms with E-state index in [-0.39, 0.29) is 0 Å². The summed E-state index contributed by atoms with van der Waals surface area (Å²) < 4.78 is 20.3. The van der Waals surface area contributed by atoms with E-state index < -0.39 is 29.4 Å². The molecule has 0 fully saturated rings. The second kappa shape index (κ2) is 6.42. The Balaban J connectivity index is 2.82. The minimum atomic E-state index is -3.20. The van der Waals surface area contributed by atoms with E-state index in [1.165, 1.54) is 23.2 Å². The number of nitrogens with zero attached hydrogens (tertiary/aromatic N) is 2. The maximum absolute atomic E-state index is 10.5. The van der Waals surface area contributed by atoms with E-state index in [2.05, 4.69) is 20.6 Å². The highest BCUT2D eigenvalue weighted by atomic mass is 31.2. The third-order valence-electron chi connectivity index (χ3n) is 1.69. The van der Waals surface area contributed by atoms with Crippen LogP contribution in [-0.4, -0.2) is 35.3 Å². The van der Waals surface area contributed by atoms with Crippen LogP contribution in [0, 0.1) is 0 Å². The summed E-state index contributed by atoms with van der Waals surface area (Å²) in [5.74, 6) is -2.66. The lowest BCUT2D eigenvalue weighted by Crippen LogP contribution is -2.36. The second-order valence-electron chi connectivity index (χ2n) is 3.06. The van der Waals surface area contributed by atoms with Crippen molar-refractivity contribution in [1.29, 1.82) is 0 Å². The zero-order chi connectivity index (χ0) is 13.8. The Morgan fingerprint density at radius 2 is 2.33 bits per heavy atom. The van der Waals surface area contributed by atoms with Gasteiger partial charge in [0.1, 0.15) is 6.54 Å². The molecule has 0 amide bonds. The van der Waals surface area contributed by atoms with Gasteiger partial charge in [0.05, 0.1) is 12.0 Å². The molecule has 9 nitrogen and oxygen atoms in total. The molecule has 18 heavy (non-hydrogen) atoms. The van der Waals surface area contributed by atoms with Crippen LogP contribution in [0.25, 0.3) is 6.08 Å². The first-order valence-corrected chi connectivity index (χ1v) is 6.73. The summed E-state index contributed by atoms with van der Waals surface area (Å²) in [7, 11) is -6.18. The van der Waals surface area contributed by atoms with Crippen molar-refractivity contribution >= 4 is 22.9 Å². The normalized spacial score (nSPS) is 15.5. The van der Waals surface area contributed by atoms with E-state index in [1.807, 2.05) is 0 Å². The van der Waals surface area contributed by atoms with E-state index in [0.29, 0.717) is 5.69 Å². The van der Waals surface area contributed by atoms with E-state index in [1.54, 1.807) is 0 Å². The molecule has 0 aliphatic heterocycles. The Hall–Kier alpha value is -0.760. The lowest BCUT2D eigenvalue weighted by molar-refractivity contribution is -0.283. The third kappa shape index (κ3) is 4.85. The predicted molar refractivity (Wildman–Crippen MR) is 60.6 cm³/mol. The van der Waals surface area contributed by atoms with Crippen LogP contribution in [-0.2, 0) is 20.2 Å². The van der Waals surface area contributed by atoms with Gasteiger partial charge in [-0.15, -0.1) is 4.89 Å².